The number of allylic oxidation sites excluding steroid dienone is 2. The Hall–Kier alpha value is -3.11. The maximum absolute atomic E-state index is 13.6. The SMILES string of the molecule is CN1C(=CC2C(=O)C(=CC3=[N+](CCCC[N+](C)(C)C)c4ccccc4C3(C)C)C2O)C(C)(C)c2cc(S(=O)(=O)O)ccc21. The average molecular weight is 608 g/mol. The predicted molar refractivity (Wildman–Crippen MR) is 170 cm³/mol. The normalized spacial score (nSPS) is 24.5. The van der Waals surface area contributed by atoms with E-state index in [9.17, 15) is 22.9 Å². The Morgan fingerprint density at radius 1 is 1.00 bits per heavy atom. The summed E-state index contributed by atoms with van der Waals surface area (Å²) in [4.78, 5) is 15.4. The van der Waals surface area contributed by atoms with E-state index in [0.717, 1.165) is 58.8 Å². The molecular formula is C34H45N3O5S+2. The fourth-order valence-corrected chi connectivity index (χ4v) is 7.40. The molecule has 2 aromatic rings. The van der Waals surface area contributed by atoms with Gasteiger partial charge in [-0.15, -0.1) is 0 Å². The lowest BCUT2D eigenvalue weighted by molar-refractivity contribution is -0.870. The minimum Gasteiger partial charge on any atom is -0.387 e. The molecule has 5 rings (SSSR count). The van der Waals surface area contributed by atoms with Crippen LogP contribution in [-0.2, 0) is 25.7 Å². The fourth-order valence-electron chi connectivity index (χ4n) is 6.89. The van der Waals surface area contributed by atoms with Crippen molar-refractivity contribution >= 4 is 33.0 Å². The van der Waals surface area contributed by atoms with E-state index in [1.165, 1.54) is 17.7 Å². The molecule has 2 aromatic carbocycles. The number of Topliss-reactive ketones (excluding diaryl/α,β-unsaturated/α-hetero) is 1. The molecule has 0 amide bonds. The first-order valence-electron chi connectivity index (χ1n) is 14.9. The van der Waals surface area contributed by atoms with Gasteiger partial charge in [0, 0.05) is 60.0 Å². The van der Waals surface area contributed by atoms with Gasteiger partial charge in [-0.3, -0.25) is 9.35 Å². The monoisotopic (exact) mass is 607 g/mol. The van der Waals surface area contributed by atoms with Crippen molar-refractivity contribution in [3.8, 4) is 0 Å². The summed E-state index contributed by atoms with van der Waals surface area (Å²) >= 11 is 0. The summed E-state index contributed by atoms with van der Waals surface area (Å²) in [6.07, 6.45) is 4.88. The number of nitrogens with zero attached hydrogens (tertiary/aromatic N) is 3. The largest absolute Gasteiger partial charge is 0.387 e. The summed E-state index contributed by atoms with van der Waals surface area (Å²) in [5.74, 6) is -0.813. The molecule has 2 N–H and O–H groups in total. The molecule has 2 aliphatic heterocycles. The minimum atomic E-state index is -4.36. The van der Waals surface area contributed by atoms with Crippen molar-refractivity contribution in [2.75, 3.05) is 46.2 Å². The number of rotatable bonds is 8. The van der Waals surface area contributed by atoms with E-state index in [1.54, 1.807) is 6.07 Å². The second-order valence-electron chi connectivity index (χ2n) is 14.2. The molecule has 1 fully saturated rings. The van der Waals surface area contributed by atoms with Crippen molar-refractivity contribution in [1.29, 1.82) is 0 Å². The van der Waals surface area contributed by atoms with Gasteiger partial charge >= 0.3 is 0 Å². The molecule has 43 heavy (non-hydrogen) atoms. The van der Waals surface area contributed by atoms with Crippen LogP contribution >= 0.6 is 0 Å². The van der Waals surface area contributed by atoms with Crippen molar-refractivity contribution in [3.63, 3.8) is 0 Å². The minimum absolute atomic E-state index is 0.108. The topological polar surface area (TPSA) is 97.9 Å². The highest BCUT2D eigenvalue weighted by Crippen LogP contribution is 2.49. The number of carbonyl (C=O) groups excluding carboxylic acids is 1. The molecule has 9 heteroatoms. The van der Waals surface area contributed by atoms with Gasteiger partial charge in [-0.25, -0.2) is 0 Å². The highest BCUT2D eigenvalue weighted by Gasteiger charge is 2.50. The number of likely N-dealkylation sites (N-methyl/N-ethyl adjacent to an activating group) is 1. The van der Waals surface area contributed by atoms with Gasteiger partial charge in [-0.05, 0) is 37.6 Å². The van der Waals surface area contributed by atoms with Crippen molar-refractivity contribution < 1.29 is 31.9 Å². The van der Waals surface area contributed by atoms with Crippen molar-refractivity contribution in [2.24, 2.45) is 5.92 Å². The van der Waals surface area contributed by atoms with Crippen LogP contribution in [0.5, 0.6) is 0 Å². The van der Waals surface area contributed by atoms with Crippen molar-refractivity contribution in [2.45, 2.75) is 62.4 Å². The van der Waals surface area contributed by atoms with E-state index in [4.69, 9.17) is 0 Å². The lowest BCUT2D eigenvalue weighted by Gasteiger charge is -2.35. The molecule has 1 saturated carbocycles. The van der Waals surface area contributed by atoms with Crippen molar-refractivity contribution in [3.05, 3.63) is 77.0 Å². The molecule has 0 saturated heterocycles. The summed E-state index contributed by atoms with van der Waals surface area (Å²) in [6, 6.07) is 12.9. The number of hydrogen-bond acceptors (Lipinski definition) is 5. The molecular weight excluding hydrogens is 562 g/mol. The number of aliphatic hydroxyl groups excluding tert-OH is 1. The third-order valence-corrected chi connectivity index (χ3v) is 10.3. The van der Waals surface area contributed by atoms with Gasteiger partial charge in [0.2, 0.25) is 5.69 Å². The first-order chi connectivity index (χ1) is 19.9. The van der Waals surface area contributed by atoms with Gasteiger partial charge in [0.15, 0.2) is 11.5 Å². The molecule has 8 nitrogen and oxygen atoms in total. The van der Waals surface area contributed by atoms with E-state index in [2.05, 4.69) is 51.7 Å². The quantitative estimate of drug-likeness (QED) is 0.150. The van der Waals surface area contributed by atoms with Crippen LogP contribution in [0.4, 0.5) is 11.4 Å². The number of hydrogen-bond donors (Lipinski definition) is 2. The van der Waals surface area contributed by atoms with E-state index >= 15 is 0 Å². The Kier molecular flexibility index (Phi) is 7.65. The summed E-state index contributed by atoms with van der Waals surface area (Å²) in [7, 11) is 4.11. The van der Waals surface area contributed by atoms with Crippen LogP contribution in [0, 0.1) is 5.92 Å². The Balaban J connectivity index is 1.45. The molecule has 0 spiro atoms. The van der Waals surface area contributed by atoms with Gasteiger partial charge in [0.05, 0.1) is 50.0 Å². The van der Waals surface area contributed by atoms with Crippen LogP contribution < -0.4 is 4.90 Å². The number of quaternary nitrogens is 1. The lowest BCUT2D eigenvalue weighted by atomic mass is 9.71. The molecule has 2 atom stereocenters. The smallest absolute Gasteiger partial charge is 0.294 e. The summed E-state index contributed by atoms with van der Waals surface area (Å²) in [5, 5.41) is 11.4. The van der Waals surface area contributed by atoms with Crippen molar-refractivity contribution in [1.82, 2.24) is 0 Å². The third-order valence-electron chi connectivity index (χ3n) is 9.44. The Bertz CT molecular complexity index is 1690. The fraction of sp³-hybridized carbons (Fsp3) is 0.471. The summed E-state index contributed by atoms with van der Waals surface area (Å²) in [5.41, 5.74) is 5.16. The van der Waals surface area contributed by atoms with Crippen LogP contribution in [-0.4, -0.2) is 86.0 Å². The molecule has 3 aliphatic rings. The number of ketones is 1. The highest BCUT2D eigenvalue weighted by molar-refractivity contribution is 7.85. The molecule has 0 radical (unpaired) electrons. The molecule has 2 heterocycles. The second kappa shape index (κ2) is 10.5. The number of para-hydroxylation sites is 1. The maximum Gasteiger partial charge on any atom is 0.294 e. The number of fused-ring (bicyclic) bond motifs is 2. The van der Waals surface area contributed by atoms with E-state index in [1.807, 2.05) is 50.1 Å². The van der Waals surface area contributed by atoms with Crippen LogP contribution in [0.3, 0.4) is 0 Å². The Labute approximate surface area is 256 Å². The number of aliphatic hydroxyl groups is 1. The molecule has 230 valence electrons. The maximum atomic E-state index is 13.6. The third kappa shape index (κ3) is 5.41. The molecule has 0 bridgehead atoms. The molecule has 0 aromatic heterocycles. The van der Waals surface area contributed by atoms with E-state index in [-0.39, 0.29) is 16.1 Å². The first kappa shape index (κ1) is 31.3. The zero-order chi connectivity index (χ0) is 31.7. The van der Waals surface area contributed by atoms with Gasteiger partial charge in [0.25, 0.3) is 10.1 Å². The standard InChI is InChI=1S/C34H44N3O5S/c1-33(2)25-13-9-10-14-28(25)36(17-11-12-18-37(6,7)8)30(33)21-24-31(38)23(32(24)39)20-29-34(3,4)26-19-22(43(40,41)42)15-16-27(26)35(29)5/h9-10,13-16,19-21,23,31,38H,11-12,17-18H2,1-8H3/q+1/p+1. The number of benzene rings is 2. The number of anilines is 1. The summed E-state index contributed by atoms with van der Waals surface area (Å²) in [6.45, 7) is 10.2. The van der Waals surface area contributed by atoms with Crippen LogP contribution in [0.15, 0.2) is 70.8 Å². The van der Waals surface area contributed by atoms with Gasteiger partial charge in [0.1, 0.15) is 6.54 Å². The predicted octanol–water partition coefficient (Wildman–Crippen LogP) is 4.59. The van der Waals surface area contributed by atoms with E-state index in [0.29, 0.717) is 5.57 Å². The zero-order valence-corrected chi connectivity index (χ0v) is 27.4. The average Bonchev–Trinajstić information content (AvgIpc) is 3.24. The second-order valence-corrected chi connectivity index (χ2v) is 15.6. The van der Waals surface area contributed by atoms with E-state index < -0.39 is 27.6 Å². The number of unbranched alkanes of at least 4 members (excludes halogenated alkanes) is 1. The zero-order valence-electron chi connectivity index (χ0n) is 26.5. The van der Waals surface area contributed by atoms with Crippen LogP contribution in [0.2, 0.25) is 0 Å². The lowest BCUT2D eigenvalue weighted by Crippen LogP contribution is -2.46. The van der Waals surface area contributed by atoms with Crippen LogP contribution in [0.25, 0.3) is 0 Å². The first-order valence-corrected chi connectivity index (χ1v) is 16.4. The van der Waals surface area contributed by atoms with Gasteiger partial charge in [-0.2, -0.15) is 13.0 Å². The number of carbonyl (C=O) groups is 1. The summed E-state index contributed by atoms with van der Waals surface area (Å²) < 4.78 is 36.4. The molecule has 2 unspecified atom stereocenters. The Morgan fingerprint density at radius 2 is 1.67 bits per heavy atom. The van der Waals surface area contributed by atoms with Crippen LogP contribution in [0.1, 0.15) is 51.7 Å². The van der Waals surface area contributed by atoms with Gasteiger partial charge in [-0.1, -0.05) is 38.1 Å². The molecule has 1 aliphatic carbocycles. The highest BCUT2D eigenvalue weighted by atomic mass is 32.2. The Morgan fingerprint density at radius 3 is 2.30 bits per heavy atom. The van der Waals surface area contributed by atoms with Gasteiger partial charge < -0.3 is 14.5 Å².